The SMILES string of the molecule is CC(C)COC(=O)N(C(N)=NC1=NC(=O)C(=O)N1c1ccc(Cl)c(Cl)c1)C(C)C. The van der Waals surface area contributed by atoms with Gasteiger partial charge in [-0.05, 0) is 38.0 Å². The summed E-state index contributed by atoms with van der Waals surface area (Å²) in [5, 5.41) is 0.447. The highest BCUT2D eigenvalue weighted by Gasteiger charge is 2.36. The molecule has 0 saturated carbocycles. The first kappa shape index (κ1) is 22.6. The Bertz CT molecular complexity index is 898. The van der Waals surface area contributed by atoms with Gasteiger partial charge in [0.1, 0.15) is 0 Å². The molecular weight excluding hydrogens is 421 g/mol. The van der Waals surface area contributed by atoms with E-state index in [4.69, 9.17) is 33.7 Å². The van der Waals surface area contributed by atoms with Gasteiger partial charge in [0, 0.05) is 6.04 Å². The van der Waals surface area contributed by atoms with Crippen molar-refractivity contribution in [1.82, 2.24) is 4.90 Å². The molecule has 29 heavy (non-hydrogen) atoms. The molecule has 2 N–H and O–H groups in total. The number of carbonyl (C=O) groups is 3. The fraction of sp³-hybridized carbons (Fsp3) is 0.389. The third-order valence-electron chi connectivity index (χ3n) is 3.66. The van der Waals surface area contributed by atoms with Crippen LogP contribution in [-0.2, 0) is 14.3 Å². The quantitative estimate of drug-likeness (QED) is 0.437. The number of aliphatic imine (C=N–C) groups is 2. The molecule has 3 amide bonds. The molecule has 1 aromatic carbocycles. The number of ether oxygens (including phenoxy) is 1. The number of benzene rings is 1. The zero-order valence-corrected chi connectivity index (χ0v) is 17.9. The minimum atomic E-state index is -1.03. The Morgan fingerprint density at radius 3 is 2.45 bits per heavy atom. The topological polar surface area (TPSA) is 118 Å². The van der Waals surface area contributed by atoms with Crippen LogP contribution in [0.15, 0.2) is 28.2 Å². The number of hydrogen-bond donors (Lipinski definition) is 1. The second-order valence-electron chi connectivity index (χ2n) is 6.86. The summed E-state index contributed by atoms with van der Waals surface area (Å²) in [6.07, 6.45) is -0.702. The van der Waals surface area contributed by atoms with Gasteiger partial charge in [-0.1, -0.05) is 37.0 Å². The van der Waals surface area contributed by atoms with Gasteiger partial charge in [0.2, 0.25) is 11.9 Å². The van der Waals surface area contributed by atoms with Crippen LogP contribution in [0, 0.1) is 5.92 Å². The largest absolute Gasteiger partial charge is 0.449 e. The Balaban J connectivity index is 2.38. The lowest BCUT2D eigenvalue weighted by Gasteiger charge is -2.25. The maximum absolute atomic E-state index is 12.4. The van der Waals surface area contributed by atoms with Gasteiger partial charge in [-0.15, -0.1) is 0 Å². The molecule has 1 aliphatic rings. The summed E-state index contributed by atoms with van der Waals surface area (Å²) in [5.74, 6) is -2.40. The van der Waals surface area contributed by atoms with Crippen molar-refractivity contribution in [1.29, 1.82) is 0 Å². The molecule has 156 valence electrons. The molecule has 0 atom stereocenters. The fourth-order valence-corrected chi connectivity index (χ4v) is 2.63. The van der Waals surface area contributed by atoms with Gasteiger partial charge in [-0.2, -0.15) is 9.98 Å². The van der Waals surface area contributed by atoms with Gasteiger partial charge in [0.05, 0.1) is 22.3 Å². The van der Waals surface area contributed by atoms with Gasteiger partial charge in [0.15, 0.2) is 0 Å². The summed E-state index contributed by atoms with van der Waals surface area (Å²) in [5.41, 5.74) is 6.21. The average molecular weight is 442 g/mol. The number of nitrogens with two attached hydrogens (primary N) is 1. The lowest BCUT2D eigenvalue weighted by Crippen LogP contribution is -2.48. The minimum Gasteiger partial charge on any atom is -0.449 e. The van der Waals surface area contributed by atoms with Crippen molar-refractivity contribution in [2.24, 2.45) is 21.6 Å². The number of amides is 3. The smallest absolute Gasteiger partial charge is 0.416 e. The summed E-state index contributed by atoms with van der Waals surface area (Å²) < 4.78 is 5.20. The van der Waals surface area contributed by atoms with Crippen LogP contribution in [0.3, 0.4) is 0 Å². The second kappa shape index (κ2) is 9.23. The first-order valence-corrected chi connectivity index (χ1v) is 9.50. The monoisotopic (exact) mass is 441 g/mol. The van der Waals surface area contributed by atoms with E-state index in [0.29, 0.717) is 0 Å². The highest BCUT2D eigenvalue weighted by molar-refractivity contribution is 6.52. The average Bonchev–Trinajstić information content (AvgIpc) is 2.89. The van der Waals surface area contributed by atoms with E-state index in [1.165, 1.54) is 18.2 Å². The molecule has 0 aromatic heterocycles. The van der Waals surface area contributed by atoms with E-state index < -0.39 is 23.9 Å². The minimum absolute atomic E-state index is 0.130. The van der Waals surface area contributed by atoms with Crippen LogP contribution in [0.5, 0.6) is 0 Å². The van der Waals surface area contributed by atoms with E-state index >= 15 is 0 Å². The van der Waals surface area contributed by atoms with Crippen molar-refractivity contribution in [3.63, 3.8) is 0 Å². The van der Waals surface area contributed by atoms with Crippen LogP contribution in [0.25, 0.3) is 0 Å². The number of rotatable bonds is 4. The Morgan fingerprint density at radius 1 is 1.24 bits per heavy atom. The summed E-state index contributed by atoms with van der Waals surface area (Å²) in [7, 11) is 0. The molecule has 9 nitrogen and oxygen atoms in total. The van der Waals surface area contributed by atoms with Crippen molar-refractivity contribution in [3.8, 4) is 0 Å². The zero-order chi connectivity index (χ0) is 21.9. The molecule has 0 saturated heterocycles. The number of nitrogens with zero attached hydrogens (tertiary/aromatic N) is 4. The summed E-state index contributed by atoms with van der Waals surface area (Å²) in [6.45, 7) is 7.40. The molecular formula is C18H21Cl2N5O4. The molecule has 11 heteroatoms. The van der Waals surface area contributed by atoms with E-state index in [2.05, 4.69) is 9.98 Å². The zero-order valence-electron chi connectivity index (χ0n) is 16.3. The van der Waals surface area contributed by atoms with Gasteiger partial charge in [0.25, 0.3) is 0 Å². The van der Waals surface area contributed by atoms with Crippen LogP contribution in [0.4, 0.5) is 10.5 Å². The number of halogens is 2. The molecule has 0 aliphatic carbocycles. The standard InChI is InChI=1S/C18H21Cl2N5O4/c1-9(2)8-29-18(28)24(10(3)4)16(21)23-17-22-14(26)15(27)25(17)11-5-6-12(19)13(20)7-11/h5-7,9-10H,8H2,1-4H3,(H2,21,22,23,26). The molecule has 0 fully saturated rings. The number of hydrogen-bond acceptors (Lipinski definition) is 5. The summed E-state index contributed by atoms with van der Waals surface area (Å²) >= 11 is 11.9. The molecule has 0 radical (unpaired) electrons. The molecule has 0 unspecified atom stereocenters. The van der Waals surface area contributed by atoms with Crippen molar-refractivity contribution < 1.29 is 19.1 Å². The Hall–Kier alpha value is -2.65. The maximum atomic E-state index is 12.4. The molecule has 1 heterocycles. The first-order valence-electron chi connectivity index (χ1n) is 8.75. The van der Waals surface area contributed by atoms with E-state index in [9.17, 15) is 14.4 Å². The van der Waals surface area contributed by atoms with Crippen LogP contribution < -0.4 is 10.6 Å². The highest BCUT2D eigenvalue weighted by Crippen LogP contribution is 2.29. The predicted octanol–water partition coefficient (Wildman–Crippen LogP) is 3.04. The first-order chi connectivity index (χ1) is 13.5. The van der Waals surface area contributed by atoms with Gasteiger partial charge < -0.3 is 10.5 Å². The van der Waals surface area contributed by atoms with Gasteiger partial charge >= 0.3 is 17.9 Å². The highest BCUT2D eigenvalue weighted by atomic mass is 35.5. The van der Waals surface area contributed by atoms with Crippen LogP contribution in [0.1, 0.15) is 27.7 Å². The molecule has 1 aliphatic heterocycles. The van der Waals surface area contributed by atoms with Crippen LogP contribution >= 0.6 is 23.2 Å². The van der Waals surface area contributed by atoms with E-state index in [1.807, 2.05) is 13.8 Å². The Kier molecular flexibility index (Phi) is 7.21. The lowest BCUT2D eigenvalue weighted by atomic mass is 10.2. The lowest BCUT2D eigenvalue weighted by molar-refractivity contribution is -0.134. The molecule has 2 rings (SSSR count). The van der Waals surface area contributed by atoms with Crippen molar-refractivity contribution in [2.75, 3.05) is 11.5 Å². The fourth-order valence-electron chi connectivity index (χ4n) is 2.34. The van der Waals surface area contributed by atoms with E-state index in [0.717, 1.165) is 9.80 Å². The molecule has 1 aromatic rings. The van der Waals surface area contributed by atoms with Gasteiger partial charge in [-0.25, -0.2) is 14.6 Å². The second-order valence-corrected chi connectivity index (χ2v) is 7.67. The van der Waals surface area contributed by atoms with E-state index in [1.54, 1.807) is 13.8 Å². The van der Waals surface area contributed by atoms with Crippen molar-refractivity contribution in [3.05, 3.63) is 28.2 Å². The third kappa shape index (κ3) is 5.24. The molecule has 0 spiro atoms. The predicted molar refractivity (Wildman–Crippen MR) is 111 cm³/mol. The van der Waals surface area contributed by atoms with Crippen LogP contribution in [-0.4, -0.2) is 47.4 Å². The normalized spacial score (nSPS) is 14.7. The summed E-state index contributed by atoms with van der Waals surface area (Å²) in [6, 6.07) is 3.93. The number of anilines is 1. The number of guanidine groups is 2. The Morgan fingerprint density at radius 2 is 1.90 bits per heavy atom. The Labute approximate surface area is 178 Å². The third-order valence-corrected chi connectivity index (χ3v) is 4.40. The van der Waals surface area contributed by atoms with E-state index in [-0.39, 0.29) is 40.2 Å². The van der Waals surface area contributed by atoms with Crippen LogP contribution in [0.2, 0.25) is 10.0 Å². The molecule has 0 bridgehead atoms. The maximum Gasteiger partial charge on any atom is 0.416 e. The number of carbonyl (C=O) groups excluding carboxylic acids is 3. The van der Waals surface area contributed by atoms with Gasteiger partial charge in [-0.3, -0.25) is 9.59 Å². The summed E-state index contributed by atoms with van der Waals surface area (Å²) in [4.78, 5) is 46.2. The van der Waals surface area contributed by atoms with Crippen molar-refractivity contribution in [2.45, 2.75) is 33.7 Å². The van der Waals surface area contributed by atoms with Crippen molar-refractivity contribution >= 4 is 58.7 Å².